The average molecular weight is 370 g/mol. The van der Waals surface area contributed by atoms with Gasteiger partial charge in [-0.15, -0.1) is 0 Å². The quantitative estimate of drug-likeness (QED) is 0.683. The highest BCUT2D eigenvalue weighted by molar-refractivity contribution is 6.32. The number of nitrogens with zero attached hydrogens (tertiary/aromatic N) is 2. The van der Waals surface area contributed by atoms with Gasteiger partial charge in [0.1, 0.15) is 12.4 Å². The van der Waals surface area contributed by atoms with Crippen molar-refractivity contribution in [1.29, 1.82) is 0 Å². The van der Waals surface area contributed by atoms with Gasteiger partial charge in [0.05, 0.1) is 11.2 Å². The van der Waals surface area contributed by atoms with Gasteiger partial charge in [-0.2, -0.15) is 5.10 Å². The van der Waals surface area contributed by atoms with Crippen molar-refractivity contribution in [1.82, 2.24) is 15.1 Å². The van der Waals surface area contributed by atoms with Crippen LogP contribution < -0.4 is 10.1 Å². The molecule has 26 heavy (non-hydrogen) atoms. The molecule has 3 aromatic rings. The minimum Gasteiger partial charge on any atom is -0.487 e. The fourth-order valence-corrected chi connectivity index (χ4v) is 2.67. The van der Waals surface area contributed by atoms with Crippen molar-refractivity contribution < 1.29 is 9.53 Å². The second-order valence-corrected chi connectivity index (χ2v) is 6.21. The Kier molecular flexibility index (Phi) is 5.92. The van der Waals surface area contributed by atoms with Gasteiger partial charge in [0.15, 0.2) is 0 Å². The number of rotatable bonds is 7. The van der Waals surface area contributed by atoms with Crippen LogP contribution in [-0.4, -0.2) is 15.7 Å². The van der Waals surface area contributed by atoms with Crippen molar-refractivity contribution in [2.24, 2.45) is 0 Å². The maximum absolute atomic E-state index is 12.4. The molecule has 0 saturated carbocycles. The zero-order valence-corrected chi connectivity index (χ0v) is 15.2. The smallest absolute Gasteiger partial charge is 0.251 e. The van der Waals surface area contributed by atoms with Gasteiger partial charge < -0.3 is 10.1 Å². The molecule has 2 aromatic carbocycles. The summed E-state index contributed by atoms with van der Waals surface area (Å²) < 4.78 is 7.55. The zero-order chi connectivity index (χ0) is 18.4. The highest BCUT2D eigenvalue weighted by Crippen LogP contribution is 2.24. The zero-order valence-electron chi connectivity index (χ0n) is 14.5. The Bertz CT molecular complexity index is 892. The van der Waals surface area contributed by atoms with Gasteiger partial charge in [-0.25, -0.2) is 0 Å². The number of halogens is 1. The van der Waals surface area contributed by atoms with Gasteiger partial charge >= 0.3 is 0 Å². The van der Waals surface area contributed by atoms with Gasteiger partial charge in [-0.1, -0.05) is 35.9 Å². The van der Waals surface area contributed by atoms with Crippen molar-refractivity contribution in [3.05, 3.63) is 82.6 Å². The van der Waals surface area contributed by atoms with Crippen molar-refractivity contribution in [3.8, 4) is 5.75 Å². The minimum atomic E-state index is -0.131. The number of hydrogen-bond acceptors (Lipinski definition) is 3. The molecule has 0 unspecified atom stereocenters. The van der Waals surface area contributed by atoms with E-state index in [-0.39, 0.29) is 5.91 Å². The number of aromatic nitrogens is 2. The molecular formula is C20H20ClN3O2. The Hall–Kier alpha value is -2.79. The largest absolute Gasteiger partial charge is 0.487 e. The molecule has 0 aliphatic heterocycles. The van der Waals surface area contributed by atoms with Crippen LogP contribution in [0.25, 0.3) is 0 Å². The molecule has 3 rings (SSSR count). The van der Waals surface area contributed by atoms with Gasteiger partial charge in [0.25, 0.3) is 5.91 Å². The van der Waals surface area contributed by atoms with Gasteiger partial charge in [0, 0.05) is 30.4 Å². The first-order valence-electron chi connectivity index (χ1n) is 8.41. The van der Waals surface area contributed by atoms with Gasteiger partial charge in [-0.3, -0.25) is 9.48 Å². The van der Waals surface area contributed by atoms with Crippen LogP contribution in [0.15, 0.2) is 60.9 Å². The Morgan fingerprint density at radius 1 is 1.19 bits per heavy atom. The standard InChI is InChI=1S/C20H20ClN3O2/c1-2-24-13-16(12-23-24)11-22-20(25)17-7-5-6-15(10-17)14-26-19-9-4-3-8-18(19)21/h3-10,12-13H,2,11,14H2,1H3,(H,22,25). The summed E-state index contributed by atoms with van der Waals surface area (Å²) in [6, 6.07) is 14.7. The first-order chi connectivity index (χ1) is 12.7. The third-order valence-electron chi connectivity index (χ3n) is 3.88. The molecule has 1 aromatic heterocycles. The summed E-state index contributed by atoms with van der Waals surface area (Å²) in [5.74, 6) is 0.491. The van der Waals surface area contributed by atoms with E-state index in [1.54, 1.807) is 18.3 Å². The average Bonchev–Trinajstić information content (AvgIpc) is 3.14. The number of amides is 1. The molecular weight excluding hydrogens is 350 g/mol. The van der Waals surface area contributed by atoms with E-state index in [2.05, 4.69) is 10.4 Å². The topological polar surface area (TPSA) is 56.2 Å². The highest BCUT2D eigenvalue weighted by Gasteiger charge is 2.08. The van der Waals surface area contributed by atoms with Crippen molar-refractivity contribution in [3.63, 3.8) is 0 Å². The lowest BCUT2D eigenvalue weighted by Gasteiger charge is -2.09. The van der Waals surface area contributed by atoms with E-state index in [1.807, 2.05) is 54.2 Å². The second-order valence-electron chi connectivity index (χ2n) is 5.81. The predicted molar refractivity (Wildman–Crippen MR) is 101 cm³/mol. The van der Waals surface area contributed by atoms with Crippen LogP contribution in [0.1, 0.15) is 28.4 Å². The Morgan fingerprint density at radius 3 is 2.81 bits per heavy atom. The van der Waals surface area contributed by atoms with E-state index in [0.29, 0.717) is 29.5 Å². The number of carbonyl (C=O) groups excluding carboxylic acids is 1. The third-order valence-corrected chi connectivity index (χ3v) is 4.20. The first-order valence-corrected chi connectivity index (χ1v) is 8.79. The summed E-state index contributed by atoms with van der Waals surface area (Å²) in [7, 11) is 0. The van der Waals surface area contributed by atoms with Crippen LogP contribution in [0.2, 0.25) is 5.02 Å². The number of hydrogen-bond donors (Lipinski definition) is 1. The Labute approximate surface area is 157 Å². The first kappa shape index (κ1) is 18.0. The van der Waals surface area contributed by atoms with Gasteiger partial charge in [0.2, 0.25) is 0 Å². The molecule has 0 aliphatic carbocycles. The van der Waals surface area contributed by atoms with Gasteiger partial charge in [-0.05, 0) is 36.8 Å². The summed E-state index contributed by atoms with van der Waals surface area (Å²) in [6.45, 7) is 3.61. The second kappa shape index (κ2) is 8.54. The number of nitrogens with one attached hydrogen (secondary N) is 1. The van der Waals surface area contributed by atoms with Crippen LogP contribution in [-0.2, 0) is 19.7 Å². The Morgan fingerprint density at radius 2 is 2.04 bits per heavy atom. The molecule has 0 radical (unpaired) electrons. The van der Waals surface area contributed by atoms with Crippen LogP contribution in [0.4, 0.5) is 0 Å². The summed E-state index contributed by atoms with van der Waals surface area (Å²) >= 11 is 6.09. The maximum Gasteiger partial charge on any atom is 0.251 e. The lowest BCUT2D eigenvalue weighted by Crippen LogP contribution is -2.22. The van der Waals surface area contributed by atoms with E-state index in [0.717, 1.165) is 17.7 Å². The maximum atomic E-state index is 12.4. The minimum absolute atomic E-state index is 0.131. The van der Waals surface area contributed by atoms with Crippen LogP contribution in [0.3, 0.4) is 0 Å². The Balaban J connectivity index is 1.59. The van der Waals surface area contributed by atoms with Crippen LogP contribution in [0, 0.1) is 0 Å². The van der Waals surface area contributed by atoms with Crippen LogP contribution >= 0.6 is 11.6 Å². The van der Waals surface area contributed by atoms with Crippen molar-refractivity contribution >= 4 is 17.5 Å². The molecule has 0 aliphatic rings. The molecule has 134 valence electrons. The van der Waals surface area contributed by atoms with E-state index in [1.165, 1.54) is 0 Å². The summed E-state index contributed by atoms with van der Waals surface area (Å²) in [4.78, 5) is 12.4. The number of ether oxygens (including phenoxy) is 1. The fraction of sp³-hybridized carbons (Fsp3) is 0.200. The fourth-order valence-electron chi connectivity index (χ4n) is 2.48. The normalized spacial score (nSPS) is 10.5. The SMILES string of the molecule is CCn1cc(CNC(=O)c2cccc(COc3ccccc3Cl)c2)cn1. The number of benzene rings is 2. The van der Waals surface area contributed by atoms with Crippen molar-refractivity contribution in [2.45, 2.75) is 26.6 Å². The third kappa shape index (κ3) is 4.64. The lowest BCUT2D eigenvalue weighted by atomic mass is 10.1. The molecule has 1 N–H and O–H groups in total. The summed E-state index contributed by atoms with van der Waals surface area (Å²) in [5, 5.41) is 7.67. The number of para-hydroxylation sites is 1. The number of carbonyl (C=O) groups is 1. The van der Waals surface area contributed by atoms with Crippen LogP contribution in [0.5, 0.6) is 5.75 Å². The number of aryl methyl sites for hydroxylation is 1. The van der Waals surface area contributed by atoms with E-state index in [4.69, 9.17) is 16.3 Å². The molecule has 0 bridgehead atoms. The molecule has 0 atom stereocenters. The molecule has 0 saturated heterocycles. The predicted octanol–water partition coefficient (Wildman–Crippen LogP) is 4.07. The van der Waals surface area contributed by atoms with E-state index >= 15 is 0 Å². The lowest BCUT2D eigenvalue weighted by molar-refractivity contribution is 0.0950. The summed E-state index contributed by atoms with van der Waals surface area (Å²) in [5.41, 5.74) is 2.46. The highest BCUT2D eigenvalue weighted by atomic mass is 35.5. The van der Waals surface area contributed by atoms with E-state index < -0.39 is 0 Å². The van der Waals surface area contributed by atoms with Crippen molar-refractivity contribution in [2.75, 3.05) is 0 Å². The van der Waals surface area contributed by atoms with E-state index in [9.17, 15) is 4.79 Å². The molecule has 6 heteroatoms. The molecule has 1 heterocycles. The molecule has 0 spiro atoms. The monoisotopic (exact) mass is 369 g/mol. The molecule has 0 fully saturated rings. The summed E-state index contributed by atoms with van der Waals surface area (Å²) in [6.07, 6.45) is 3.69. The molecule has 1 amide bonds. The molecule has 5 nitrogen and oxygen atoms in total.